The second kappa shape index (κ2) is 6.39. The molecule has 1 atom stereocenters. The topological polar surface area (TPSA) is 52.6 Å². The highest BCUT2D eigenvalue weighted by Gasteiger charge is 2.25. The summed E-state index contributed by atoms with van der Waals surface area (Å²) in [6, 6.07) is 6.54. The Labute approximate surface area is 108 Å². The van der Waals surface area contributed by atoms with E-state index in [2.05, 4.69) is 15.9 Å². The third-order valence-electron chi connectivity index (χ3n) is 2.10. The molecule has 0 aliphatic rings. The van der Waals surface area contributed by atoms with E-state index in [1.807, 2.05) is 0 Å². The average Bonchev–Trinajstić information content (AvgIpc) is 2.37. The maximum Gasteiger partial charge on any atom is 0.327 e. The quantitative estimate of drug-likeness (QED) is 0.362. The van der Waals surface area contributed by atoms with E-state index < -0.39 is 10.8 Å². The molecule has 0 aliphatic heterocycles. The predicted molar refractivity (Wildman–Crippen MR) is 66.7 cm³/mol. The highest BCUT2D eigenvalue weighted by molar-refractivity contribution is 9.10. The minimum absolute atomic E-state index is 0.247. The van der Waals surface area contributed by atoms with Crippen molar-refractivity contribution in [3.63, 3.8) is 0 Å². The summed E-state index contributed by atoms with van der Waals surface area (Å²) < 4.78 is 9.74. The first-order valence-electron chi connectivity index (χ1n) is 5.09. The van der Waals surface area contributed by atoms with Gasteiger partial charge < -0.3 is 9.47 Å². The SMILES string of the molecule is CCOC(=O)[C@@H](Br)C(=O)c1ccc(OC)cc1. The van der Waals surface area contributed by atoms with Crippen LogP contribution in [0.15, 0.2) is 24.3 Å². The maximum atomic E-state index is 11.9. The Morgan fingerprint density at radius 2 is 1.88 bits per heavy atom. The number of hydrogen-bond donors (Lipinski definition) is 0. The van der Waals surface area contributed by atoms with Crippen LogP contribution in [0.2, 0.25) is 0 Å². The number of Topliss-reactive ketones (excluding diaryl/α,β-unsaturated/α-hetero) is 1. The minimum Gasteiger partial charge on any atom is -0.497 e. The molecule has 1 rings (SSSR count). The van der Waals surface area contributed by atoms with Crippen LogP contribution in [0.1, 0.15) is 17.3 Å². The lowest BCUT2D eigenvalue weighted by atomic mass is 10.1. The number of esters is 1. The molecule has 0 heterocycles. The lowest BCUT2D eigenvalue weighted by molar-refractivity contribution is -0.141. The summed E-state index contributed by atoms with van der Waals surface area (Å²) in [6.07, 6.45) is 0. The number of benzene rings is 1. The van der Waals surface area contributed by atoms with E-state index in [0.29, 0.717) is 11.3 Å². The second-order valence-electron chi connectivity index (χ2n) is 3.21. The molecule has 1 aromatic carbocycles. The molecule has 4 nitrogen and oxygen atoms in total. The third kappa shape index (κ3) is 3.56. The van der Waals surface area contributed by atoms with Crippen molar-refractivity contribution in [3.05, 3.63) is 29.8 Å². The normalized spacial score (nSPS) is 11.7. The number of carbonyl (C=O) groups excluding carboxylic acids is 2. The molecule has 1 aromatic rings. The molecule has 17 heavy (non-hydrogen) atoms. The molecular weight excluding hydrogens is 288 g/mol. The summed E-state index contributed by atoms with van der Waals surface area (Å²) >= 11 is 3.03. The summed E-state index contributed by atoms with van der Waals surface area (Å²) in [5.41, 5.74) is 0.431. The predicted octanol–water partition coefficient (Wildman–Crippen LogP) is 2.20. The van der Waals surface area contributed by atoms with Crippen molar-refractivity contribution in [1.29, 1.82) is 0 Å². The van der Waals surface area contributed by atoms with Crippen LogP contribution in [0.3, 0.4) is 0 Å². The van der Waals surface area contributed by atoms with Crippen molar-refractivity contribution >= 4 is 27.7 Å². The van der Waals surface area contributed by atoms with Crippen molar-refractivity contribution in [1.82, 2.24) is 0 Å². The van der Waals surface area contributed by atoms with E-state index in [-0.39, 0.29) is 12.4 Å². The fourth-order valence-electron chi connectivity index (χ4n) is 1.22. The van der Waals surface area contributed by atoms with E-state index >= 15 is 0 Å². The molecule has 0 radical (unpaired) electrons. The van der Waals surface area contributed by atoms with Crippen LogP contribution in [0.25, 0.3) is 0 Å². The summed E-state index contributed by atoms with van der Waals surface area (Å²) in [4.78, 5) is 22.3. The minimum atomic E-state index is -0.962. The molecule has 0 spiro atoms. The first-order valence-corrected chi connectivity index (χ1v) is 6.00. The van der Waals surface area contributed by atoms with Gasteiger partial charge in [0.05, 0.1) is 13.7 Å². The van der Waals surface area contributed by atoms with Gasteiger partial charge in [0.2, 0.25) is 0 Å². The Morgan fingerprint density at radius 3 is 2.35 bits per heavy atom. The van der Waals surface area contributed by atoms with Gasteiger partial charge in [-0.1, -0.05) is 15.9 Å². The van der Waals surface area contributed by atoms with Gasteiger partial charge in [-0.05, 0) is 31.2 Å². The second-order valence-corrected chi connectivity index (χ2v) is 4.12. The van der Waals surface area contributed by atoms with Gasteiger partial charge in [-0.3, -0.25) is 9.59 Å². The van der Waals surface area contributed by atoms with Gasteiger partial charge in [-0.25, -0.2) is 0 Å². The number of carbonyl (C=O) groups is 2. The third-order valence-corrected chi connectivity index (χ3v) is 2.89. The number of alkyl halides is 1. The molecule has 0 saturated heterocycles. The Morgan fingerprint density at radius 1 is 1.29 bits per heavy atom. The first-order chi connectivity index (χ1) is 8.10. The van der Waals surface area contributed by atoms with Gasteiger partial charge in [0, 0.05) is 5.56 Å². The lowest BCUT2D eigenvalue weighted by Gasteiger charge is -2.08. The van der Waals surface area contributed by atoms with Gasteiger partial charge in [0.1, 0.15) is 5.75 Å². The van der Waals surface area contributed by atoms with Gasteiger partial charge in [0.25, 0.3) is 0 Å². The number of halogens is 1. The molecule has 0 amide bonds. The zero-order chi connectivity index (χ0) is 12.8. The highest BCUT2D eigenvalue weighted by Crippen LogP contribution is 2.16. The highest BCUT2D eigenvalue weighted by atomic mass is 79.9. The van der Waals surface area contributed by atoms with E-state index in [0.717, 1.165) is 0 Å². The van der Waals surface area contributed by atoms with Crippen molar-refractivity contribution in [2.75, 3.05) is 13.7 Å². The number of hydrogen-bond acceptors (Lipinski definition) is 4. The van der Waals surface area contributed by atoms with Gasteiger partial charge in [-0.2, -0.15) is 0 Å². The Bertz CT molecular complexity index is 399. The van der Waals surface area contributed by atoms with Crippen LogP contribution >= 0.6 is 15.9 Å². The molecule has 5 heteroatoms. The molecule has 0 unspecified atom stereocenters. The summed E-state index contributed by atoms with van der Waals surface area (Å²) in [6.45, 7) is 1.94. The zero-order valence-electron chi connectivity index (χ0n) is 9.60. The fourth-order valence-corrected chi connectivity index (χ4v) is 1.62. The molecule has 0 fully saturated rings. The van der Waals surface area contributed by atoms with E-state index in [4.69, 9.17) is 9.47 Å². The number of ether oxygens (including phenoxy) is 2. The van der Waals surface area contributed by atoms with Crippen LogP contribution in [0, 0.1) is 0 Å². The average molecular weight is 301 g/mol. The maximum absolute atomic E-state index is 11.9. The van der Waals surface area contributed by atoms with Gasteiger partial charge in [0.15, 0.2) is 10.6 Å². The van der Waals surface area contributed by atoms with Crippen LogP contribution < -0.4 is 4.74 Å². The van der Waals surface area contributed by atoms with Crippen molar-refractivity contribution in [3.8, 4) is 5.75 Å². The van der Waals surface area contributed by atoms with Crippen LogP contribution in [0.4, 0.5) is 0 Å². The molecule has 0 aliphatic carbocycles. The molecule has 0 aromatic heterocycles. The Hall–Kier alpha value is -1.36. The number of rotatable bonds is 5. The van der Waals surface area contributed by atoms with Crippen LogP contribution in [-0.4, -0.2) is 30.3 Å². The van der Waals surface area contributed by atoms with Crippen molar-refractivity contribution < 1.29 is 19.1 Å². The zero-order valence-corrected chi connectivity index (χ0v) is 11.2. The summed E-state index contributed by atoms with van der Waals surface area (Å²) in [5.74, 6) is -0.247. The van der Waals surface area contributed by atoms with E-state index in [9.17, 15) is 9.59 Å². The lowest BCUT2D eigenvalue weighted by Crippen LogP contribution is -2.26. The molecule has 92 valence electrons. The molecule has 0 saturated carbocycles. The van der Waals surface area contributed by atoms with E-state index in [1.165, 1.54) is 0 Å². The number of methoxy groups -OCH3 is 1. The van der Waals surface area contributed by atoms with Crippen molar-refractivity contribution in [2.45, 2.75) is 11.8 Å². The van der Waals surface area contributed by atoms with Gasteiger partial charge in [-0.15, -0.1) is 0 Å². The smallest absolute Gasteiger partial charge is 0.327 e. The van der Waals surface area contributed by atoms with Gasteiger partial charge >= 0.3 is 5.97 Å². The summed E-state index contributed by atoms with van der Waals surface area (Å²) in [7, 11) is 1.54. The first kappa shape index (κ1) is 13.7. The summed E-state index contributed by atoms with van der Waals surface area (Å²) in [5, 5.41) is 0. The Kier molecular flexibility index (Phi) is 5.15. The molecule has 0 bridgehead atoms. The fraction of sp³-hybridized carbons (Fsp3) is 0.333. The molecule has 0 N–H and O–H groups in total. The largest absolute Gasteiger partial charge is 0.497 e. The van der Waals surface area contributed by atoms with Crippen LogP contribution in [-0.2, 0) is 9.53 Å². The molecular formula is C12H13BrO4. The monoisotopic (exact) mass is 300 g/mol. The van der Waals surface area contributed by atoms with Crippen LogP contribution in [0.5, 0.6) is 5.75 Å². The standard InChI is InChI=1S/C12H13BrO4/c1-3-17-12(15)10(13)11(14)8-4-6-9(16-2)7-5-8/h4-7,10H,3H2,1-2H3/t10-/m0/s1. The Balaban J connectivity index is 2.77. The van der Waals surface area contributed by atoms with E-state index in [1.54, 1.807) is 38.3 Å². The van der Waals surface area contributed by atoms with Crippen molar-refractivity contribution in [2.24, 2.45) is 0 Å². The number of ketones is 1.